The molecule has 24 heavy (non-hydrogen) atoms. The molecule has 0 spiro atoms. The van der Waals surface area contributed by atoms with Crippen molar-refractivity contribution >= 4 is 11.9 Å². The van der Waals surface area contributed by atoms with Crippen molar-refractivity contribution in [1.82, 2.24) is 16.0 Å². The van der Waals surface area contributed by atoms with Gasteiger partial charge in [0.2, 0.25) is 5.91 Å². The molecule has 0 bridgehead atoms. The number of likely N-dealkylation sites (N-methyl/N-ethyl adjacent to an activating group) is 1. The highest BCUT2D eigenvalue weighted by Crippen LogP contribution is 2.02. The number of amides is 1. The van der Waals surface area contributed by atoms with E-state index in [0.29, 0.717) is 31.6 Å². The maximum atomic E-state index is 11.5. The first-order valence-corrected chi connectivity index (χ1v) is 8.56. The molecule has 1 atom stereocenters. The number of hydrogen-bond acceptors (Lipinski definition) is 3. The Bertz CT molecular complexity index is 491. The zero-order valence-electron chi connectivity index (χ0n) is 15.0. The van der Waals surface area contributed by atoms with E-state index in [1.165, 1.54) is 5.56 Å². The van der Waals surface area contributed by atoms with Crippen LogP contribution in [0.25, 0.3) is 0 Å². The van der Waals surface area contributed by atoms with Gasteiger partial charge in [0, 0.05) is 19.6 Å². The Hall–Kier alpha value is -2.08. The van der Waals surface area contributed by atoms with Crippen molar-refractivity contribution in [3.8, 4) is 0 Å². The first-order chi connectivity index (χ1) is 11.7. The highest BCUT2D eigenvalue weighted by Gasteiger charge is 2.05. The lowest BCUT2D eigenvalue weighted by Gasteiger charge is -2.16. The number of nitrogens with one attached hydrogen (secondary N) is 3. The summed E-state index contributed by atoms with van der Waals surface area (Å²) in [5.41, 5.74) is 1.18. The lowest BCUT2D eigenvalue weighted by Crippen LogP contribution is -2.41. The van der Waals surface area contributed by atoms with Crippen molar-refractivity contribution in [1.29, 1.82) is 0 Å². The van der Waals surface area contributed by atoms with Crippen LogP contribution in [0.5, 0.6) is 0 Å². The maximum Gasteiger partial charge on any atom is 0.241 e. The highest BCUT2D eigenvalue weighted by molar-refractivity contribution is 5.84. The second kappa shape index (κ2) is 12.4. The molecule has 1 unspecified atom stereocenters. The Morgan fingerprint density at radius 3 is 2.50 bits per heavy atom. The van der Waals surface area contributed by atoms with E-state index in [-0.39, 0.29) is 12.5 Å². The minimum atomic E-state index is -0.0751. The summed E-state index contributed by atoms with van der Waals surface area (Å²) >= 11 is 0. The van der Waals surface area contributed by atoms with Gasteiger partial charge >= 0.3 is 0 Å². The van der Waals surface area contributed by atoms with Gasteiger partial charge in [0.05, 0.1) is 13.2 Å². The fourth-order valence-corrected chi connectivity index (χ4v) is 2.03. The zero-order chi connectivity index (χ0) is 17.6. The summed E-state index contributed by atoms with van der Waals surface area (Å²) in [6.07, 6.45) is 0. The summed E-state index contributed by atoms with van der Waals surface area (Å²) in [5, 5.41) is 9.11. The predicted octanol–water partition coefficient (Wildman–Crippen LogP) is 1.53. The van der Waals surface area contributed by atoms with Crippen molar-refractivity contribution < 1.29 is 9.53 Å². The van der Waals surface area contributed by atoms with Crippen LogP contribution in [0, 0.1) is 5.92 Å². The number of guanidine groups is 1. The van der Waals surface area contributed by atoms with Crippen molar-refractivity contribution in [2.45, 2.75) is 27.4 Å². The minimum Gasteiger partial charge on any atom is -0.376 e. The minimum absolute atomic E-state index is 0.0751. The van der Waals surface area contributed by atoms with Gasteiger partial charge < -0.3 is 20.7 Å². The summed E-state index contributed by atoms with van der Waals surface area (Å²) in [6, 6.07) is 10.1. The third-order valence-electron chi connectivity index (χ3n) is 3.23. The predicted molar refractivity (Wildman–Crippen MR) is 97.9 cm³/mol. The van der Waals surface area contributed by atoms with Gasteiger partial charge in [0.25, 0.3) is 0 Å². The third kappa shape index (κ3) is 9.15. The molecule has 0 fully saturated rings. The summed E-state index contributed by atoms with van der Waals surface area (Å²) in [7, 11) is 0. The normalized spacial score (nSPS) is 12.5. The van der Waals surface area contributed by atoms with Gasteiger partial charge in [-0.1, -0.05) is 37.3 Å². The molecule has 134 valence electrons. The number of carbonyl (C=O) groups is 1. The Morgan fingerprint density at radius 2 is 1.83 bits per heavy atom. The molecule has 0 aliphatic heterocycles. The van der Waals surface area contributed by atoms with E-state index in [0.717, 1.165) is 13.1 Å². The van der Waals surface area contributed by atoms with E-state index in [1.54, 1.807) is 0 Å². The van der Waals surface area contributed by atoms with E-state index in [1.807, 2.05) is 32.0 Å². The topological polar surface area (TPSA) is 74.8 Å². The van der Waals surface area contributed by atoms with E-state index in [4.69, 9.17) is 4.74 Å². The van der Waals surface area contributed by atoms with Crippen LogP contribution in [0.15, 0.2) is 35.3 Å². The molecule has 0 radical (unpaired) electrons. The largest absolute Gasteiger partial charge is 0.376 e. The molecule has 1 rings (SSSR count). The summed E-state index contributed by atoms with van der Waals surface area (Å²) in [6.45, 7) is 9.52. The first-order valence-electron chi connectivity index (χ1n) is 8.56. The Balaban J connectivity index is 2.29. The molecule has 0 aliphatic rings. The Labute approximate surface area is 145 Å². The van der Waals surface area contributed by atoms with Crippen LogP contribution >= 0.6 is 0 Å². The van der Waals surface area contributed by atoms with Crippen LogP contribution in [-0.4, -0.2) is 44.7 Å². The number of carbonyl (C=O) groups excluding carboxylic acids is 1. The molecule has 6 nitrogen and oxygen atoms in total. The maximum absolute atomic E-state index is 11.5. The molecule has 6 heteroatoms. The molecule has 0 aliphatic carbocycles. The van der Waals surface area contributed by atoms with Gasteiger partial charge in [-0.15, -0.1) is 0 Å². The lowest BCUT2D eigenvalue weighted by atomic mass is 10.2. The lowest BCUT2D eigenvalue weighted by molar-refractivity contribution is -0.119. The Morgan fingerprint density at radius 1 is 1.12 bits per heavy atom. The number of rotatable bonds is 10. The smallest absolute Gasteiger partial charge is 0.241 e. The van der Waals surface area contributed by atoms with Gasteiger partial charge in [-0.2, -0.15) is 0 Å². The van der Waals surface area contributed by atoms with E-state index < -0.39 is 0 Å². The molecule has 0 saturated carbocycles. The van der Waals surface area contributed by atoms with Crippen LogP contribution in [0.4, 0.5) is 0 Å². The van der Waals surface area contributed by atoms with Crippen LogP contribution in [0.2, 0.25) is 0 Å². The molecule has 3 N–H and O–H groups in total. The fraction of sp³-hybridized carbons (Fsp3) is 0.556. The van der Waals surface area contributed by atoms with Crippen molar-refractivity contribution in [2.24, 2.45) is 10.9 Å². The number of benzene rings is 1. The summed E-state index contributed by atoms with van der Waals surface area (Å²) in [4.78, 5) is 15.7. The van der Waals surface area contributed by atoms with Crippen molar-refractivity contribution in [3.63, 3.8) is 0 Å². The van der Waals surface area contributed by atoms with E-state index >= 15 is 0 Å². The fourth-order valence-electron chi connectivity index (χ4n) is 2.03. The van der Waals surface area contributed by atoms with Crippen LogP contribution in [-0.2, 0) is 16.1 Å². The van der Waals surface area contributed by atoms with Crippen molar-refractivity contribution in [2.75, 3.05) is 32.8 Å². The van der Waals surface area contributed by atoms with Gasteiger partial charge in [-0.05, 0) is 25.3 Å². The van der Waals surface area contributed by atoms with Crippen molar-refractivity contribution in [3.05, 3.63) is 35.9 Å². The molecule has 0 saturated heterocycles. The molecule has 1 amide bonds. The summed E-state index contributed by atoms with van der Waals surface area (Å²) < 4.78 is 5.74. The third-order valence-corrected chi connectivity index (χ3v) is 3.23. The molecule has 0 aromatic heterocycles. The molecule has 1 aromatic carbocycles. The van der Waals surface area contributed by atoms with E-state index in [9.17, 15) is 4.79 Å². The average Bonchev–Trinajstić information content (AvgIpc) is 2.58. The zero-order valence-corrected chi connectivity index (χ0v) is 15.0. The first kappa shape index (κ1) is 20.0. The van der Waals surface area contributed by atoms with Gasteiger partial charge in [0.15, 0.2) is 5.96 Å². The molecule has 1 aromatic rings. The average molecular weight is 334 g/mol. The van der Waals surface area contributed by atoms with Gasteiger partial charge in [-0.25, -0.2) is 4.99 Å². The van der Waals surface area contributed by atoms with Crippen LogP contribution < -0.4 is 16.0 Å². The number of ether oxygens (including phenoxy) is 1. The monoisotopic (exact) mass is 334 g/mol. The van der Waals surface area contributed by atoms with Crippen LogP contribution in [0.3, 0.4) is 0 Å². The highest BCUT2D eigenvalue weighted by atomic mass is 16.5. The summed E-state index contributed by atoms with van der Waals surface area (Å²) in [5.74, 6) is 0.912. The van der Waals surface area contributed by atoms with E-state index in [2.05, 4.69) is 40.0 Å². The van der Waals surface area contributed by atoms with Gasteiger partial charge in [-0.3, -0.25) is 4.79 Å². The standard InChI is InChI=1S/C18H30N4O2/c1-4-19-17(23)12-22-18(20-5-2)21-11-15(3)13-24-14-16-9-7-6-8-10-16/h6-10,15H,4-5,11-14H2,1-3H3,(H,19,23)(H2,20,21,22). The van der Waals surface area contributed by atoms with Crippen LogP contribution in [0.1, 0.15) is 26.3 Å². The molecule has 0 heterocycles. The Kier molecular flexibility index (Phi) is 10.3. The second-order valence-electron chi connectivity index (χ2n) is 5.64. The molecular weight excluding hydrogens is 304 g/mol. The number of nitrogens with zero attached hydrogens (tertiary/aromatic N) is 1. The number of hydrogen-bond donors (Lipinski definition) is 3. The number of aliphatic imine (C=N–C) groups is 1. The van der Waals surface area contributed by atoms with Gasteiger partial charge in [0.1, 0.15) is 6.54 Å². The second-order valence-corrected chi connectivity index (χ2v) is 5.64. The molecular formula is C18H30N4O2. The quantitative estimate of drug-likeness (QED) is 0.448. The SMILES string of the molecule is CCNC(=O)CN=C(NCC)NCC(C)COCc1ccccc1.